The van der Waals surface area contributed by atoms with Gasteiger partial charge in [-0.25, -0.2) is 4.39 Å². The molecule has 4 aromatic rings. The van der Waals surface area contributed by atoms with Gasteiger partial charge in [-0.1, -0.05) is 35.9 Å². The third-order valence-electron chi connectivity index (χ3n) is 5.13. The van der Waals surface area contributed by atoms with E-state index < -0.39 is 17.2 Å². The molecule has 8 heteroatoms. The zero-order valence-corrected chi connectivity index (χ0v) is 18.8. The summed E-state index contributed by atoms with van der Waals surface area (Å²) in [7, 11) is 0. The fourth-order valence-electron chi connectivity index (χ4n) is 3.53. The maximum Gasteiger partial charge on any atom is 0.312 e. The van der Waals surface area contributed by atoms with E-state index in [1.807, 2.05) is 0 Å². The van der Waals surface area contributed by atoms with Gasteiger partial charge in [-0.15, -0.1) is 0 Å². The first-order valence-electron chi connectivity index (χ1n) is 10.4. The summed E-state index contributed by atoms with van der Waals surface area (Å²) in [5, 5.41) is 2.94. The fraction of sp³-hybridized carbons (Fsp3) is 0.115. The van der Waals surface area contributed by atoms with Gasteiger partial charge in [0.05, 0.1) is 22.4 Å². The summed E-state index contributed by atoms with van der Waals surface area (Å²) in [6.07, 6.45) is -0.0513. The van der Waals surface area contributed by atoms with Gasteiger partial charge in [0.2, 0.25) is 5.43 Å². The first-order valence-corrected chi connectivity index (χ1v) is 10.8. The molecule has 0 aliphatic heterocycles. The molecule has 0 aliphatic rings. The van der Waals surface area contributed by atoms with Gasteiger partial charge in [0, 0.05) is 23.7 Å². The summed E-state index contributed by atoms with van der Waals surface area (Å²) in [5.74, 6) is -1.14. The lowest BCUT2D eigenvalue weighted by Crippen LogP contribution is -2.27. The summed E-state index contributed by atoms with van der Waals surface area (Å²) in [6, 6.07) is 17.1. The molecule has 0 bridgehead atoms. The third-order valence-corrected chi connectivity index (χ3v) is 5.45. The maximum atomic E-state index is 14.4. The second-order valence-electron chi connectivity index (χ2n) is 7.46. The van der Waals surface area contributed by atoms with Crippen LogP contribution in [0.3, 0.4) is 0 Å². The molecule has 0 radical (unpaired) electrons. The molecular weight excluding hydrogens is 461 g/mol. The molecule has 0 saturated carbocycles. The standard InChI is InChI=1S/C26H19ClFNO5/c1-15-23(24-19(27)8-5-9-20(24)28)25(31)18-11-10-17(14-21(18)33-15)34-22(30)12-13-29-26(32)16-6-3-2-4-7-16/h2-11,14H,12-13H2,1H3,(H,29,32). The van der Waals surface area contributed by atoms with Gasteiger partial charge in [0.25, 0.3) is 5.91 Å². The van der Waals surface area contributed by atoms with Crippen molar-refractivity contribution in [1.82, 2.24) is 5.32 Å². The van der Waals surface area contributed by atoms with Gasteiger partial charge >= 0.3 is 5.97 Å². The van der Waals surface area contributed by atoms with Crippen LogP contribution in [0.1, 0.15) is 22.5 Å². The van der Waals surface area contributed by atoms with Crippen molar-refractivity contribution in [2.45, 2.75) is 13.3 Å². The van der Waals surface area contributed by atoms with E-state index in [4.69, 9.17) is 20.8 Å². The number of fused-ring (bicyclic) bond motifs is 1. The highest BCUT2D eigenvalue weighted by molar-refractivity contribution is 6.33. The van der Waals surface area contributed by atoms with Crippen LogP contribution in [-0.4, -0.2) is 18.4 Å². The Morgan fingerprint density at radius 1 is 1.03 bits per heavy atom. The predicted molar refractivity (Wildman–Crippen MR) is 127 cm³/mol. The summed E-state index contributed by atoms with van der Waals surface area (Å²) in [4.78, 5) is 37.3. The molecule has 0 aliphatic carbocycles. The minimum absolute atomic E-state index is 0.0228. The lowest BCUT2D eigenvalue weighted by Gasteiger charge is -2.11. The lowest BCUT2D eigenvalue weighted by molar-refractivity contribution is -0.134. The Hall–Kier alpha value is -3.97. The van der Waals surface area contributed by atoms with Crippen molar-refractivity contribution in [2.24, 2.45) is 0 Å². The Balaban J connectivity index is 1.49. The molecule has 0 fully saturated rings. The van der Waals surface area contributed by atoms with Crippen molar-refractivity contribution in [3.63, 3.8) is 0 Å². The van der Waals surface area contributed by atoms with Gasteiger partial charge in [-0.2, -0.15) is 0 Å². The van der Waals surface area contributed by atoms with Crippen LogP contribution in [0.2, 0.25) is 5.02 Å². The minimum atomic E-state index is -0.632. The highest BCUT2D eigenvalue weighted by atomic mass is 35.5. The van der Waals surface area contributed by atoms with E-state index in [9.17, 15) is 18.8 Å². The van der Waals surface area contributed by atoms with E-state index in [2.05, 4.69) is 5.32 Å². The summed E-state index contributed by atoms with van der Waals surface area (Å²) in [6.45, 7) is 1.63. The number of nitrogens with one attached hydrogen (secondary N) is 1. The van der Waals surface area contributed by atoms with Crippen LogP contribution >= 0.6 is 11.6 Å². The van der Waals surface area contributed by atoms with E-state index in [1.165, 1.54) is 43.3 Å². The molecule has 1 heterocycles. The molecule has 0 spiro atoms. The molecule has 1 amide bonds. The molecule has 3 aromatic carbocycles. The van der Waals surface area contributed by atoms with Crippen molar-refractivity contribution in [3.8, 4) is 16.9 Å². The normalized spacial score (nSPS) is 10.8. The Kier molecular flexibility index (Phi) is 6.75. The van der Waals surface area contributed by atoms with Gasteiger partial charge in [-0.05, 0) is 43.3 Å². The molecule has 0 atom stereocenters. The Morgan fingerprint density at radius 3 is 2.53 bits per heavy atom. The van der Waals surface area contributed by atoms with Gasteiger partial charge in [-0.3, -0.25) is 14.4 Å². The second kappa shape index (κ2) is 9.89. The number of ether oxygens (including phenoxy) is 1. The van der Waals surface area contributed by atoms with Crippen LogP contribution in [0.4, 0.5) is 4.39 Å². The first kappa shape index (κ1) is 23.2. The molecule has 172 valence electrons. The highest BCUT2D eigenvalue weighted by Gasteiger charge is 2.20. The average Bonchev–Trinajstić information content (AvgIpc) is 2.81. The average molecular weight is 480 g/mol. The SMILES string of the molecule is Cc1oc2cc(OC(=O)CCNC(=O)c3ccccc3)ccc2c(=O)c1-c1c(F)cccc1Cl. The van der Waals surface area contributed by atoms with E-state index in [1.54, 1.807) is 30.3 Å². The molecule has 0 unspecified atom stereocenters. The van der Waals surface area contributed by atoms with E-state index >= 15 is 0 Å². The van der Waals surface area contributed by atoms with Crippen molar-refractivity contribution in [1.29, 1.82) is 0 Å². The molecule has 34 heavy (non-hydrogen) atoms. The van der Waals surface area contributed by atoms with Crippen molar-refractivity contribution in [3.05, 3.63) is 99.1 Å². The Bertz CT molecular complexity index is 1430. The van der Waals surface area contributed by atoms with Crippen molar-refractivity contribution >= 4 is 34.4 Å². The number of aryl methyl sites for hydroxylation is 1. The molecule has 1 aromatic heterocycles. The lowest BCUT2D eigenvalue weighted by atomic mass is 10.0. The smallest absolute Gasteiger partial charge is 0.312 e. The molecular formula is C26H19ClFNO5. The van der Waals surface area contributed by atoms with E-state index in [0.717, 1.165) is 0 Å². The van der Waals surface area contributed by atoms with Crippen LogP contribution in [0.25, 0.3) is 22.1 Å². The summed E-state index contributed by atoms with van der Waals surface area (Å²) < 4.78 is 25.5. The van der Waals surface area contributed by atoms with Crippen molar-refractivity contribution in [2.75, 3.05) is 6.54 Å². The third kappa shape index (κ3) is 4.84. The van der Waals surface area contributed by atoms with Gasteiger partial charge in [0.1, 0.15) is 22.9 Å². The van der Waals surface area contributed by atoms with Crippen molar-refractivity contribution < 1.29 is 23.1 Å². The fourth-order valence-corrected chi connectivity index (χ4v) is 3.78. The Labute approximate surface area is 198 Å². The molecule has 0 saturated heterocycles. The summed E-state index contributed by atoms with van der Waals surface area (Å²) >= 11 is 6.13. The largest absolute Gasteiger partial charge is 0.460 e. The van der Waals surface area contributed by atoms with Crippen LogP contribution in [0.5, 0.6) is 5.75 Å². The van der Waals surface area contributed by atoms with Crippen LogP contribution in [0, 0.1) is 12.7 Å². The number of halogens is 2. The number of carbonyl (C=O) groups excluding carboxylic acids is 2. The zero-order chi connectivity index (χ0) is 24.2. The minimum Gasteiger partial charge on any atom is -0.460 e. The maximum absolute atomic E-state index is 14.4. The number of rotatable bonds is 6. The number of esters is 1. The zero-order valence-electron chi connectivity index (χ0n) is 18.1. The quantitative estimate of drug-likeness (QED) is 0.300. The first-order chi connectivity index (χ1) is 16.3. The van der Waals surface area contributed by atoms with Gasteiger partial charge < -0.3 is 14.5 Å². The monoisotopic (exact) mass is 479 g/mol. The predicted octanol–water partition coefficient (Wildman–Crippen LogP) is 5.29. The second-order valence-corrected chi connectivity index (χ2v) is 7.87. The topological polar surface area (TPSA) is 85.6 Å². The highest BCUT2D eigenvalue weighted by Crippen LogP contribution is 2.32. The molecule has 4 rings (SSSR count). The number of benzene rings is 3. The van der Waals surface area contributed by atoms with E-state index in [-0.39, 0.29) is 57.5 Å². The van der Waals surface area contributed by atoms with Gasteiger partial charge in [0.15, 0.2) is 0 Å². The molecule has 6 nitrogen and oxygen atoms in total. The number of amides is 1. The number of carbonyl (C=O) groups is 2. The molecule has 1 N–H and O–H groups in total. The number of hydrogen-bond donors (Lipinski definition) is 1. The summed E-state index contributed by atoms with van der Waals surface area (Å²) in [5.41, 5.74) is 0.236. The van der Waals surface area contributed by atoms with E-state index in [0.29, 0.717) is 5.56 Å². The van der Waals surface area contributed by atoms with Crippen LogP contribution in [-0.2, 0) is 4.79 Å². The van der Waals surface area contributed by atoms with Crippen LogP contribution < -0.4 is 15.5 Å². The number of hydrogen-bond acceptors (Lipinski definition) is 5. The Morgan fingerprint density at radius 2 is 1.79 bits per heavy atom. The van der Waals surface area contributed by atoms with Crippen LogP contribution in [0.15, 0.2) is 75.9 Å².